The molecular formula is C20H16ClNO3S. The van der Waals surface area contributed by atoms with Crippen molar-refractivity contribution in [3.8, 4) is 0 Å². The number of aliphatic hydroxyl groups is 1. The summed E-state index contributed by atoms with van der Waals surface area (Å²) < 4.78 is 5.08. The lowest BCUT2D eigenvalue weighted by molar-refractivity contribution is -0.138. The molecule has 6 heteroatoms. The molecule has 0 bridgehead atoms. The fourth-order valence-corrected chi connectivity index (χ4v) is 3.48. The van der Waals surface area contributed by atoms with Gasteiger partial charge in [-0.05, 0) is 42.8 Å². The summed E-state index contributed by atoms with van der Waals surface area (Å²) in [5.41, 5.74) is 1.63. The van der Waals surface area contributed by atoms with Gasteiger partial charge < -0.3 is 9.84 Å². The average molecular weight is 386 g/mol. The quantitative estimate of drug-likeness (QED) is 0.702. The highest BCUT2D eigenvalue weighted by molar-refractivity contribution is 8.18. The Morgan fingerprint density at radius 3 is 2.54 bits per heavy atom. The zero-order chi connectivity index (χ0) is 18.5. The molecule has 2 aromatic carbocycles. The first-order chi connectivity index (χ1) is 12.6. The Labute approximate surface area is 160 Å². The number of aliphatic hydroxyl groups excluding tert-OH is 1. The van der Waals surface area contributed by atoms with Gasteiger partial charge >= 0.3 is 5.97 Å². The van der Waals surface area contributed by atoms with E-state index in [1.165, 1.54) is 11.8 Å². The van der Waals surface area contributed by atoms with Crippen molar-refractivity contribution in [3.05, 3.63) is 81.4 Å². The van der Waals surface area contributed by atoms with Crippen LogP contribution >= 0.6 is 23.4 Å². The lowest BCUT2D eigenvalue weighted by Gasteiger charge is -2.03. The summed E-state index contributed by atoms with van der Waals surface area (Å²) in [6.07, 6.45) is 1.78. The predicted octanol–water partition coefficient (Wildman–Crippen LogP) is 5.53. The second-order valence-electron chi connectivity index (χ2n) is 5.36. The Bertz CT molecular complexity index is 902. The van der Waals surface area contributed by atoms with Crippen LogP contribution in [0, 0.1) is 0 Å². The maximum absolute atomic E-state index is 12.3. The number of halogens is 1. The van der Waals surface area contributed by atoms with E-state index >= 15 is 0 Å². The molecule has 0 aromatic heterocycles. The number of nitrogens with zero attached hydrogens (tertiary/aromatic N) is 1. The Balaban J connectivity index is 2.02. The topological polar surface area (TPSA) is 58.9 Å². The molecule has 0 saturated carbocycles. The molecule has 1 aliphatic heterocycles. The van der Waals surface area contributed by atoms with E-state index in [9.17, 15) is 9.90 Å². The third kappa shape index (κ3) is 4.18. The Hall–Kier alpha value is -2.50. The van der Waals surface area contributed by atoms with Gasteiger partial charge in [0.2, 0.25) is 0 Å². The second kappa shape index (κ2) is 8.25. The molecule has 1 aliphatic rings. The minimum Gasteiger partial charge on any atom is -0.506 e. The molecule has 2 aromatic rings. The van der Waals surface area contributed by atoms with Gasteiger partial charge in [-0.15, -0.1) is 0 Å². The number of benzene rings is 2. The zero-order valence-corrected chi connectivity index (χ0v) is 15.6. The average Bonchev–Trinajstić information content (AvgIpc) is 2.93. The van der Waals surface area contributed by atoms with Crippen molar-refractivity contribution in [1.82, 2.24) is 0 Å². The van der Waals surface area contributed by atoms with E-state index in [0.29, 0.717) is 20.7 Å². The zero-order valence-electron chi connectivity index (χ0n) is 14.0. The summed E-state index contributed by atoms with van der Waals surface area (Å²) in [5.74, 6) is -0.718. The number of aliphatic imine (C=N–C) groups is 1. The fourth-order valence-electron chi connectivity index (χ4n) is 2.32. The third-order valence-corrected chi connectivity index (χ3v) is 4.80. The molecule has 0 saturated heterocycles. The first-order valence-electron chi connectivity index (χ1n) is 7.98. The summed E-state index contributed by atoms with van der Waals surface area (Å²) in [4.78, 5) is 17.4. The number of hydrogen-bond acceptors (Lipinski definition) is 5. The molecule has 3 rings (SSSR count). The molecule has 132 valence electrons. The number of thioether (sulfide) groups is 1. The number of rotatable bonds is 4. The van der Waals surface area contributed by atoms with Gasteiger partial charge in [0.05, 0.1) is 17.2 Å². The number of esters is 1. The van der Waals surface area contributed by atoms with Crippen molar-refractivity contribution < 1.29 is 14.6 Å². The summed E-state index contributed by atoms with van der Waals surface area (Å²) in [5, 5.41) is 11.6. The lowest BCUT2D eigenvalue weighted by Crippen LogP contribution is -2.12. The summed E-state index contributed by atoms with van der Waals surface area (Å²) >= 11 is 7.13. The van der Waals surface area contributed by atoms with Crippen LogP contribution in [0.4, 0.5) is 5.69 Å². The van der Waals surface area contributed by atoms with Crippen LogP contribution in [0.2, 0.25) is 5.02 Å². The van der Waals surface area contributed by atoms with Crippen LogP contribution in [0.25, 0.3) is 6.08 Å². The van der Waals surface area contributed by atoms with Gasteiger partial charge in [0, 0.05) is 5.02 Å². The van der Waals surface area contributed by atoms with Gasteiger partial charge in [0.25, 0.3) is 0 Å². The van der Waals surface area contributed by atoms with E-state index in [4.69, 9.17) is 16.3 Å². The van der Waals surface area contributed by atoms with Gasteiger partial charge in [0.1, 0.15) is 16.4 Å². The highest BCUT2D eigenvalue weighted by Crippen LogP contribution is 2.40. The first-order valence-corrected chi connectivity index (χ1v) is 9.18. The molecule has 4 nitrogen and oxygen atoms in total. The number of hydrogen-bond donors (Lipinski definition) is 1. The Morgan fingerprint density at radius 2 is 1.88 bits per heavy atom. The molecule has 0 atom stereocenters. The fraction of sp³-hybridized carbons (Fsp3) is 0.100. The molecule has 0 fully saturated rings. The van der Waals surface area contributed by atoms with Crippen LogP contribution in [0.5, 0.6) is 0 Å². The molecular weight excluding hydrogens is 370 g/mol. The maximum Gasteiger partial charge on any atom is 0.344 e. The van der Waals surface area contributed by atoms with Crippen LogP contribution in [-0.4, -0.2) is 22.7 Å². The molecule has 0 spiro atoms. The first kappa shape index (κ1) is 18.3. The van der Waals surface area contributed by atoms with E-state index in [1.807, 2.05) is 42.5 Å². The highest BCUT2D eigenvalue weighted by atomic mass is 35.5. The Morgan fingerprint density at radius 1 is 1.19 bits per heavy atom. The molecule has 0 amide bonds. The largest absolute Gasteiger partial charge is 0.506 e. The van der Waals surface area contributed by atoms with Gasteiger partial charge in [-0.1, -0.05) is 53.7 Å². The number of carbonyl (C=O) groups is 1. The molecule has 0 aliphatic carbocycles. The summed E-state index contributed by atoms with van der Waals surface area (Å²) in [6.45, 7) is 1.94. The Kier molecular flexibility index (Phi) is 5.81. The third-order valence-electron chi connectivity index (χ3n) is 3.52. The predicted molar refractivity (Wildman–Crippen MR) is 107 cm³/mol. The van der Waals surface area contributed by atoms with Crippen LogP contribution in [0.1, 0.15) is 12.5 Å². The van der Waals surface area contributed by atoms with Crippen molar-refractivity contribution in [1.29, 1.82) is 0 Å². The van der Waals surface area contributed by atoms with E-state index in [-0.39, 0.29) is 17.9 Å². The van der Waals surface area contributed by atoms with Crippen LogP contribution in [-0.2, 0) is 9.53 Å². The van der Waals surface area contributed by atoms with Crippen molar-refractivity contribution >= 4 is 46.1 Å². The number of carbonyl (C=O) groups excluding carboxylic acids is 1. The van der Waals surface area contributed by atoms with Gasteiger partial charge in [-0.2, -0.15) is 0 Å². The molecule has 1 heterocycles. The van der Waals surface area contributed by atoms with Crippen molar-refractivity contribution in [2.24, 2.45) is 4.99 Å². The second-order valence-corrected chi connectivity index (χ2v) is 6.83. The van der Waals surface area contributed by atoms with Crippen LogP contribution < -0.4 is 0 Å². The van der Waals surface area contributed by atoms with E-state index in [2.05, 4.69) is 4.99 Å². The summed E-state index contributed by atoms with van der Waals surface area (Å²) in [6, 6.07) is 16.5. The molecule has 26 heavy (non-hydrogen) atoms. The van der Waals surface area contributed by atoms with E-state index in [1.54, 1.807) is 25.1 Å². The lowest BCUT2D eigenvalue weighted by atomic mass is 10.1. The van der Waals surface area contributed by atoms with Crippen LogP contribution in [0.3, 0.4) is 0 Å². The van der Waals surface area contributed by atoms with Crippen molar-refractivity contribution in [2.75, 3.05) is 6.61 Å². The molecule has 0 unspecified atom stereocenters. The monoisotopic (exact) mass is 385 g/mol. The SMILES string of the molecule is CCOC(=O)C1=C(O)/C(=C\c2ccc(Cl)cc2)SC1=Nc1ccccc1. The van der Waals surface area contributed by atoms with Crippen molar-refractivity contribution in [3.63, 3.8) is 0 Å². The van der Waals surface area contributed by atoms with Crippen molar-refractivity contribution in [2.45, 2.75) is 6.92 Å². The molecule has 0 radical (unpaired) electrons. The maximum atomic E-state index is 12.3. The minimum atomic E-state index is -0.591. The van der Waals surface area contributed by atoms with Gasteiger partial charge in [0.15, 0.2) is 0 Å². The van der Waals surface area contributed by atoms with Crippen LogP contribution in [0.15, 0.2) is 75.8 Å². The number of para-hydroxylation sites is 1. The molecule has 1 N–H and O–H groups in total. The van der Waals surface area contributed by atoms with E-state index in [0.717, 1.165) is 5.56 Å². The standard InChI is InChI=1S/C20H16ClNO3S/c1-2-25-20(24)17-18(23)16(12-13-8-10-14(21)11-9-13)26-19(17)22-15-6-4-3-5-7-15/h3-12,23H,2H2,1H3/b16-12+,22-19?. The number of ether oxygens (including phenoxy) is 1. The van der Waals surface area contributed by atoms with Gasteiger partial charge in [-0.3, -0.25) is 0 Å². The smallest absolute Gasteiger partial charge is 0.344 e. The van der Waals surface area contributed by atoms with Gasteiger partial charge in [-0.25, -0.2) is 9.79 Å². The highest BCUT2D eigenvalue weighted by Gasteiger charge is 2.33. The van der Waals surface area contributed by atoms with E-state index < -0.39 is 5.97 Å². The minimum absolute atomic E-state index is 0.0842. The normalized spacial score (nSPS) is 17.2. The summed E-state index contributed by atoms with van der Waals surface area (Å²) in [7, 11) is 0.